The average Bonchev–Trinajstić information content (AvgIpc) is 2.53. The zero-order valence-corrected chi connectivity index (χ0v) is 11.8. The molecule has 0 amide bonds. The molecule has 0 unspecified atom stereocenters. The van der Waals surface area contributed by atoms with Crippen molar-refractivity contribution < 1.29 is 4.42 Å². The van der Waals surface area contributed by atoms with Crippen LogP contribution in [-0.2, 0) is 5.75 Å². The van der Waals surface area contributed by atoms with Gasteiger partial charge in [0.25, 0.3) is 5.22 Å². The molecule has 3 aromatic rings. The lowest BCUT2D eigenvalue weighted by Gasteiger charge is -2.02. The van der Waals surface area contributed by atoms with Crippen LogP contribution in [0.2, 0.25) is 0 Å². The zero-order chi connectivity index (χ0) is 14.7. The van der Waals surface area contributed by atoms with E-state index in [0.717, 1.165) is 5.56 Å². The van der Waals surface area contributed by atoms with Gasteiger partial charge < -0.3 is 4.42 Å². The van der Waals surface area contributed by atoms with E-state index in [1.807, 2.05) is 24.3 Å². The smallest absolute Gasteiger partial charge is 0.347 e. The second-order valence-electron chi connectivity index (χ2n) is 4.39. The molecule has 1 aromatic heterocycles. The fourth-order valence-corrected chi connectivity index (χ4v) is 2.70. The van der Waals surface area contributed by atoms with Crippen molar-refractivity contribution in [3.8, 4) is 6.07 Å². The molecule has 0 atom stereocenters. The topological polar surface area (TPSA) is 66.9 Å². The Hall–Kier alpha value is -2.58. The first-order chi connectivity index (χ1) is 10.3. The molecule has 3 rings (SSSR count). The van der Waals surface area contributed by atoms with E-state index in [1.165, 1.54) is 11.8 Å². The Labute approximate surface area is 125 Å². The fraction of sp³-hybridized carbons (Fsp3) is 0.0625. The third-order valence-corrected chi connectivity index (χ3v) is 3.83. The minimum Gasteiger partial charge on any atom is -0.397 e. The van der Waals surface area contributed by atoms with E-state index in [9.17, 15) is 4.79 Å². The Kier molecular flexibility index (Phi) is 3.71. The highest BCUT2D eigenvalue weighted by atomic mass is 32.2. The standard InChI is InChI=1S/C16H10N2O2S/c17-9-11-4-3-5-12(8-11)10-21-16-18-14-7-2-1-6-13(14)15(19)20-16/h1-8H,10H2. The van der Waals surface area contributed by atoms with E-state index < -0.39 is 0 Å². The van der Waals surface area contributed by atoms with Crippen LogP contribution in [0.5, 0.6) is 0 Å². The minimum absolute atomic E-state index is 0.334. The zero-order valence-electron chi connectivity index (χ0n) is 10.9. The molecule has 0 saturated heterocycles. The van der Waals surface area contributed by atoms with Crippen LogP contribution in [0.3, 0.4) is 0 Å². The van der Waals surface area contributed by atoms with Gasteiger partial charge in [0.1, 0.15) is 0 Å². The molecule has 0 saturated carbocycles. The van der Waals surface area contributed by atoms with Crippen LogP contribution in [0.15, 0.2) is 63.0 Å². The predicted molar refractivity (Wildman–Crippen MR) is 81.0 cm³/mol. The summed E-state index contributed by atoms with van der Waals surface area (Å²) in [6.07, 6.45) is 0. The van der Waals surface area contributed by atoms with Gasteiger partial charge in [0, 0.05) is 5.75 Å². The average molecular weight is 294 g/mol. The van der Waals surface area contributed by atoms with Crippen LogP contribution in [0.4, 0.5) is 0 Å². The normalized spacial score (nSPS) is 10.4. The van der Waals surface area contributed by atoms with Gasteiger partial charge in [0.15, 0.2) is 0 Å². The van der Waals surface area contributed by atoms with Crippen molar-refractivity contribution in [3.05, 3.63) is 70.1 Å². The molecule has 0 aliphatic rings. The van der Waals surface area contributed by atoms with Gasteiger partial charge in [0.2, 0.25) is 0 Å². The van der Waals surface area contributed by atoms with Crippen LogP contribution in [0.25, 0.3) is 10.9 Å². The molecule has 0 spiro atoms. The lowest BCUT2D eigenvalue weighted by molar-refractivity contribution is 0.401. The third-order valence-electron chi connectivity index (χ3n) is 2.93. The lowest BCUT2D eigenvalue weighted by atomic mass is 10.2. The van der Waals surface area contributed by atoms with Gasteiger partial charge in [-0.2, -0.15) is 5.26 Å². The van der Waals surface area contributed by atoms with Gasteiger partial charge in [-0.1, -0.05) is 36.0 Å². The van der Waals surface area contributed by atoms with Crippen LogP contribution in [0, 0.1) is 11.3 Å². The van der Waals surface area contributed by atoms with Crippen molar-refractivity contribution in [2.24, 2.45) is 0 Å². The van der Waals surface area contributed by atoms with Crippen molar-refractivity contribution in [2.75, 3.05) is 0 Å². The highest BCUT2D eigenvalue weighted by molar-refractivity contribution is 7.98. The summed E-state index contributed by atoms with van der Waals surface area (Å²) in [6.45, 7) is 0. The number of nitriles is 1. The summed E-state index contributed by atoms with van der Waals surface area (Å²) in [5.74, 6) is 0.587. The van der Waals surface area contributed by atoms with E-state index >= 15 is 0 Å². The van der Waals surface area contributed by atoms with E-state index in [2.05, 4.69) is 11.1 Å². The van der Waals surface area contributed by atoms with Crippen molar-refractivity contribution in [3.63, 3.8) is 0 Å². The first-order valence-corrected chi connectivity index (χ1v) is 7.26. The van der Waals surface area contributed by atoms with E-state index in [-0.39, 0.29) is 5.63 Å². The number of fused-ring (bicyclic) bond motifs is 1. The summed E-state index contributed by atoms with van der Waals surface area (Å²) < 4.78 is 5.20. The van der Waals surface area contributed by atoms with Gasteiger partial charge in [-0.05, 0) is 29.8 Å². The quantitative estimate of drug-likeness (QED) is 0.693. The largest absolute Gasteiger partial charge is 0.397 e. The monoisotopic (exact) mass is 294 g/mol. The Morgan fingerprint density at radius 2 is 2.05 bits per heavy atom. The Morgan fingerprint density at radius 3 is 2.90 bits per heavy atom. The van der Waals surface area contributed by atoms with Crippen molar-refractivity contribution in [1.82, 2.24) is 4.98 Å². The Bertz CT molecular complexity index is 896. The number of hydrogen-bond acceptors (Lipinski definition) is 5. The van der Waals surface area contributed by atoms with Gasteiger partial charge in [0.05, 0.1) is 22.5 Å². The van der Waals surface area contributed by atoms with Crippen LogP contribution >= 0.6 is 11.8 Å². The molecule has 0 aliphatic carbocycles. The summed E-state index contributed by atoms with van der Waals surface area (Å²) >= 11 is 1.33. The van der Waals surface area contributed by atoms with Crippen molar-refractivity contribution in [1.29, 1.82) is 5.26 Å². The number of benzene rings is 2. The number of para-hydroxylation sites is 1. The van der Waals surface area contributed by atoms with Gasteiger partial charge in [-0.15, -0.1) is 0 Å². The summed E-state index contributed by atoms with van der Waals surface area (Å²) in [5, 5.41) is 9.69. The fourth-order valence-electron chi connectivity index (χ4n) is 1.94. The molecule has 2 aromatic carbocycles. The van der Waals surface area contributed by atoms with Crippen LogP contribution in [0.1, 0.15) is 11.1 Å². The number of hydrogen-bond donors (Lipinski definition) is 0. The summed E-state index contributed by atoms with van der Waals surface area (Å²) in [4.78, 5) is 16.2. The molecule has 0 bridgehead atoms. The molecular weight excluding hydrogens is 284 g/mol. The molecule has 1 heterocycles. The summed E-state index contributed by atoms with van der Waals surface area (Å²) in [7, 11) is 0. The first kappa shape index (κ1) is 13.4. The summed E-state index contributed by atoms with van der Waals surface area (Å²) in [5.41, 5.74) is 1.84. The minimum atomic E-state index is -0.381. The third kappa shape index (κ3) is 2.96. The number of nitrogens with zero attached hydrogens (tertiary/aromatic N) is 2. The van der Waals surface area contributed by atoms with Crippen LogP contribution < -0.4 is 5.63 Å². The maximum absolute atomic E-state index is 11.8. The molecule has 4 nitrogen and oxygen atoms in total. The SMILES string of the molecule is N#Cc1cccc(CSc2nc3ccccc3c(=O)o2)c1. The Balaban J connectivity index is 1.85. The molecule has 0 aliphatic heterocycles. The van der Waals surface area contributed by atoms with Crippen molar-refractivity contribution >= 4 is 22.7 Å². The second kappa shape index (κ2) is 5.81. The first-order valence-electron chi connectivity index (χ1n) is 6.28. The maximum Gasteiger partial charge on any atom is 0.347 e. The van der Waals surface area contributed by atoms with E-state index in [1.54, 1.807) is 24.3 Å². The molecule has 0 N–H and O–H groups in total. The lowest BCUT2D eigenvalue weighted by Crippen LogP contribution is -2.02. The predicted octanol–water partition coefficient (Wildman–Crippen LogP) is 3.35. The molecule has 102 valence electrons. The van der Waals surface area contributed by atoms with Crippen molar-refractivity contribution in [2.45, 2.75) is 11.0 Å². The number of rotatable bonds is 3. The molecule has 5 heteroatoms. The maximum atomic E-state index is 11.8. The second-order valence-corrected chi connectivity index (χ2v) is 5.31. The van der Waals surface area contributed by atoms with Crippen LogP contribution in [-0.4, -0.2) is 4.98 Å². The van der Waals surface area contributed by atoms with E-state index in [4.69, 9.17) is 9.68 Å². The highest BCUT2D eigenvalue weighted by Crippen LogP contribution is 2.22. The molecular formula is C16H10N2O2S. The van der Waals surface area contributed by atoms with Gasteiger partial charge in [-0.3, -0.25) is 0 Å². The number of thioether (sulfide) groups is 1. The van der Waals surface area contributed by atoms with Gasteiger partial charge >= 0.3 is 5.63 Å². The molecule has 0 radical (unpaired) electrons. The van der Waals surface area contributed by atoms with E-state index in [0.29, 0.717) is 27.4 Å². The van der Waals surface area contributed by atoms with Gasteiger partial charge in [-0.25, -0.2) is 9.78 Å². The molecule has 21 heavy (non-hydrogen) atoms. The Morgan fingerprint density at radius 1 is 1.19 bits per heavy atom. The number of aromatic nitrogens is 1. The highest BCUT2D eigenvalue weighted by Gasteiger charge is 2.06. The molecule has 0 fully saturated rings. The summed E-state index contributed by atoms with van der Waals surface area (Å²) in [6, 6.07) is 16.5.